The molecule has 0 saturated heterocycles. The highest BCUT2D eigenvalue weighted by atomic mass is 79.9. The molecule has 86 valence electrons. The van der Waals surface area contributed by atoms with Crippen LogP contribution >= 0.6 is 15.9 Å². The Labute approximate surface area is 95.6 Å². The molecule has 14 heavy (non-hydrogen) atoms. The van der Waals surface area contributed by atoms with E-state index in [4.69, 9.17) is 0 Å². The normalized spacial score (nSPS) is 13.1. The summed E-state index contributed by atoms with van der Waals surface area (Å²) in [6.45, 7) is 4.26. The number of halogens is 1. The van der Waals surface area contributed by atoms with E-state index in [-0.39, 0.29) is 6.04 Å². The largest absolute Gasteiger partial charge is 0.281 e. The summed E-state index contributed by atoms with van der Waals surface area (Å²) in [5, 5.41) is 0.818. The summed E-state index contributed by atoms with van der Waals surface area (Å²) in [7, 11) is -0.0548. The summed E-state index contributed by atoms with van der Waals surface area (Å²) in [6, 6.07) is -0.00794. The average Bonchev–Trinajstić information content (AvgIpc) is 2.12. The van der Waals surface area contributed by atoms with Crippen LogP contribution in [0.25, 0.3) is 0 Å². The van der Waals surface area contributed by atoms with Crippen LogP contribution in [0.2, 0.25) is 0 Å². The maximum atomic E-state index is 11.8. The molecule has 6 heteroatoms. The van der Waals surface area contributed by atoms with E-state index in [9.17, 15) is 8.42 Å². The SMILES string of the molecule is CC(C)N(C)S(=O)(=O)N(C)CCCBr. The van der Waals surface area contributed by atoms with E-state index in [1.54, 1.807) is 14.1 Å². The second-order valence-electron chi connectivity index (χ2n) is 3.48. The lowest BCUT2D eigenvalue weighted by Gasteiger charge is -2.26. The minimum absolute atomic E-state index is 0.00794. The molecular weight excluding hydrogens is 268 g/mol. The van der Waals surface area contributed by atoms with Crippen LogP contribution in [-0.4, -0.2) is 49.0 Å². The third kappa shape index (κ3) is 3.84. The molecule has 0 aliphatic carbocycles. The lowest BCUT2D eigenvalue weighted by Crippen LogP contribution is -2.43. The monoisotopic (exact) mass is 286 g/mol. The van der Waals surface area contributed by atoms with Crippen molar-refractivity contribution in [1.29, 1.82) is 0 Å². The molecule has 0 fully saturated rings. The van der Waals surface area contributed by atoms with Gasteiger partial charge in [0.15, 0.2) is 0 Å². The van der Waals surface area contributed by atoms with Gasteiger partial charge in [-0.15, -0.1) is 0 Å². The van der Waals surface area contributed by atoms with Crippen molar-refractivity contribution in [1.82, 2.24) is 8.61 Å². The van der Waals surface area contributed by atoms with Gasteiger partial charge in [0.2, 0.25) is 0 Å². The van der Waals surface area contributed by atoms with Crippen molar-refractivity contribution in [2.45, 2.75) is 26.3 Å². The van der Waals surface area contributed by atoms with Gasteiger partial charge in [0, 0.05) is 32.0 Å². The Balaban J connectivity index is 4.45. The van der Waals surface area contributed by atoms with Crippen molar-refractivity contribution in [2.24, 2.45) is 0 Å². The maximum absolute atomic E-state index is 11.8. The van der Waals surface area contributed by atoms with Crippen LogP contribution in [0.5, 0.6) is 0 Å². The molecule has 0 radical (unpaired) electrons. The molecule has 0 rings (SSSR count). The molecule has 0 amide bonds. The fraction of sp³-hybridized carbons (Fsp3) is 1.00. The maximum Gasteiger partial charge on any atom is 0.281 e. The molecule has 0 unspecified atom stereocenters. The standard InChI is InChI=1S/C8H19BrN2O2S/c1-8(2)11(4)14(12,13)10(3)7-5-6-9/h8H,5-7H2,1-4H3. The van der Waals surface area contributed by atoms with Crippen molar-refractivity contribution in [3.05, 3.63) is 0 Å². The number of hydrogen-bond donors (Lipinski definition) is 0. The second-order valence-corrected chi connectivity index (χ2v) is 6.37. The summed E-state index contributed by atoms with van der Waals surface area (Å²) in [4.78, 5) is 0. The zero-order valence-corrected chi connectivity index (χ0v) is 11.6. The predicted molar refractivity (Wildman–Crippen MR) is 62.9 cm³/mol. The average molecular weight is 287 g/mol. The Hall–Kier alpha value is 0.350. The molecule has 0 heterocycles. The van der Waals surface area contributed by atoms with Crippen LogP contribution in [0.1, 0.15) is 20.3 Å². The van der Waals surface area contributed by atoms with Gasteiger partial charge in [-0.3, -0.25) is 0 Å². The molecule has 0 aliphatic rings. The van der Waals surface area contributed by atoms with E-state index in [1.165, 1.54) is 8.61 Å². The Morgan fingerprint density at radius 2 is 1.79 bits per heavy atom. The molecule has 0 N–H and O–H groups in total. The van der Waals surface area contributed by atoms with Crippen molar-refractivity contribution < 1.29 is 8.42 Å². The summed E-state index contributed by atoms with van der Waals surface area (Å²) in [5.74, 6) is 0. The quantitative estimate of drug-likeness (QED) is 0.691. The van der Waals surface area contributed by atoms with Gasteiger partial charge in [0.25, 0.3) is 10.2 Å². The van der Waals surface area contributed by atoms with Crippen LogP contribution in [0.15, 0.2) is 0 Å². The first kappa shape index (κ1) is 14.3. The summed E-state index contributed by atoms with van der Waals surface area (Å²) in [5.41, 5.74) is 0. The minimum Gasteiger partial charge on any atom is -0.195 e. The summed E-state index contributed by atoms with van der Waals surface area (Å²) in [6.07, 6.45) is 0.821. The molecule has 0 aromatic carbocycles. The predicted octanol–water partition coefficient (Wildman–Crippen LogP) is 1.29. The van der Waals surface area contributed by atoms with Gasteiger partial charge in [-0.25, -0.2) is 0 Å². The summed E-state index contributed by atoms with van der Waals surface area (Å²) >= 11 is 3.28. The first-order chi connectivity index (χ1) is 6.34. The van der Waals surface area contributed by atoms with Crippen LogP contribution in [0, 0.1) is 0 Å². The Morgan fingerprint density at radius 1 is 1.29 bits per heavy atom. The van der Waals surface area contributed by atoms with E-state index in [0.29, 0.717) is 6.54 Å². The topological polar surface area (TPSA) is 40.6 Å². The number of alkyl halides is 1. The Kier molecular flexibility index (Phi) is 6.20. The van der Waals surface area contributed by atoms with Crippen molar-refractivity contribution in [3.8, 4) is 0 Å². The van der Waals surface area contributed by atoms with Crippen LogP contribution < -0.4 is 0 Å². The van der Waals surface area contributed by atoms with Gasteiger partial charge in [-0.05, 0) is 20.3 Å². The van der Waals surface area contributed by atoms with E-state index in [2.05, 4.69) is 15.9 Å². The lowest BCUT2D eigenvalue weighted by atomic mass is 10.4. The van der Waals surface area contributed by atoms with Gasteiger partial charge in [-0.1, -0.05) is 15.9 Å². The highest BCUT2D eigenvalue weighted by Gasteiger charge is 2.24. The fourth-order valence-corrected chi connectivity index (χ4v) is 2.47. The van der Waals surface area contributed by atoms with Crippen molar-refractivity contribution in [3.63, 3.8) is 0 Å². The molecule has 0 atom stereocenters. The third-order valence-corrected chi connectivity index (χ3v) is 4.77. The highest BCUT2D eigenvalue weighted by Crippen LogP contribution is 2.08. The number of nitrogens with zero attached hydrogens (tertiary/aromatic N) is 2. The van der Waals surface area contributed by atoms with E-state index in [1.807, 2.05) is 13.8 Å². The highest BCUT2D eigenvalue weighted by molar-refractivity contribution is 9.09. The third-order valence-electron chi connectivity index (χ3n) is 2.09. The van der Waals surface area contributed by atoms with Gasteiger partial charge in [0.05, 0.1) is 0 Å². The zero-order chi connectivity index (χ0) is 11.4. The van der Waals surface area contributed by atoms with E-state index in [0.717, 1.165) is 11.8 Å². The lowest BCUT2D eigenvalue weighted by molar-refractivity contribution is 0.358. The molecule has 0 bridgehead atoms. The molecule has 0 aromatic heterocycles. The minimum atomic E-state index is -3.26. The van der Waals surface area contributed by atoms with E-state index < -0.39 is 10.2 Å². The van der Waals surface area contributed by atoms with Gasteiger partial charge >= 0.3 is 0 Å². The second kappa shape index (κ2) is 6.05. The Morgan fingerprint density at radius 3 is 2.14 bits per heavy atom. The van der Waals surface area contributed by atoms with Gasteiger partial charge in [-0.2, -0.15) is 17.0 Å². The first-order valence-electron chi connectivity index (χ1n) is 4.59. The van der Waals surface area contributed by atoms with Crippen molar-refractivity contribution >= 4 is 26.1 Å². The number of hydrogen-bond acceptors (Lipinski definition) is 2. The van der Waals surface area contributed by atoms with Gasteiger partial charge < -0.3 is 0 Å². The molecule has 0 aliphatic heterocycles. The molecule has 4 nitrogen and oxygen atoms in total. The fourth-order valence-electron chi connectivity index (χ4n) is 0.884. The molecule has 0 spiro atoms. The van der Waals surface area contributed by atoms with Gasteiger partial charge in [0.1, 0.15) is 0 Å². The van der Waals surface area contributed by atoms with Crippen molar-refractivity contribution in [2.75, 3.05) is 26.0 Å². The first-order valence-corrected chi connectivity index (χ1v) is 7.11. The number of rotatable bonds is 6. The zero-order valence-electron chi connectivity index (χ0n) is 9.20. The smallest absolute Gasteiger partial charge is 0.195 e. The Bertz CT molecular complexity index is 254. The van der Waals surface area contributed by atoms with Crippen LogP contribution in [0.4, 0.5) is 0 Å². The van der Waals surface area contributed by atoms with Crippen LogP contribution in [-0.2, 0) is 10.2 Å². The molecule has 0 aromatic rings. The van der Waals surface area contributed by atoms with Crippen LogP contribution in [0.3, 0.4) is 0 Å². The van der Waals surface area contributed by atoms with E-state index >= 15 is 0 Å². The molecule has 0 saturated carbocycles. The summed E-state index contributed by atoms with van der Waals surface area (Å²) < 4.78 is 26.4. The molecular formula is C8H19BrN2O2S.